The van der Waals surface area contributed by atoms with Crippen LogP contribution in [0, 0.1) is 6.92 Å². The van der Waals surface area contributed by atoms with E-state index < -0.39 is 12.7 Å². The number of pyridine rings is 2. The van der Waals surface area contributed by atoms with Crippen molar-refractivity contribution in [3.63, 3.8) is 0 Å². The van der Waals surface area contributed by atoms with Gasteiger partial charge in [-0.2, -0.15) is 8.78 Å². The topological polar surface area (TPSA) is 83.2 Å². The first kappa shape index (κ1) is 23.5. The van der Waals surface area contributed by atoms with Gasteiger partial charge in [-0.15, -0.1) is 0 Å². The van der Waals surface area contributed by atoms with E-state index in [1.54, 1.807) is 30.5 Å². The fraction of sp³-hybridized carbons (Fsp3) is 0.269. The predicted molar refractivity (Wildman–Crippen MR) is 131 cm³/mol. The van der Waals surface area contributed by atoms with Gasteiger partial charge in [0.25, 0.3) is 0 Å². The zero-order chi connectivity index (χ0) is 25.2. The largest absolute Gasteiger partial charge is 0.465 e. The summed E-state index contributed by atoms with van der Waals surface area (Å²) in [4.78, 5) is 23.9. The SMILES string of the molecule is Cc1nc2ccc(-c3ccc(N4CCN(C(=O)O)CC4)nc3)cn2c1Cc1ccccc1OC(F)F. The Morgan fingerprint density at radius 3 is 2.50 bits per heavy atom. The van der Waals surface area contributed by atoms with Gasteiger partial charge in [-0.3, -0.25) is 0 Å². The molecular formula is C26H25F2N5O3. The molecule has 36 heavy (non-hydrogen) atoms. The Bertz CT molecular complexity index is 1380. The van der Waals surface area contributed by atoms with Gasteiger partial charge in [0.1, 0.15) is 17.2 Å². The molecule has 0 unspecified atom stereocenters. The molecule has 1 aromatic carbocycles. The van der Waals surface area contributed by atoms with E-state index in [0.29, 0.717) is 38.2 Å². The van der Waals surface area contributed by atoms with E-state index in [2.05, 4.69) is 14.9 Å². The predicted octanol–water partition coefficient (Wildman–Crippen LogP) is 4.70. The Hall–Kier alpha value is -4.21. The van der Waals surface area contributed by atoms with Crippen LogP contribution in [0.15, 0.2) is 60.9 Å². The van der Waals surface area contributed by atoms with Gasteiger partial charge in [0.15, 0.2) is 0 Å². The van der Waals surface area contributed by atoms with Gasteiger partial charge < -0.3 is 24.0 Å². The summed E-state index contributed by atoms with van der Waals surface area (Å²) in [5.41, 5.74) is 4.98. The van der Waals surface area contributed by atoms with Gasteiger partial charge in [-0.05, 0) is 37.3 Å². The van der Waals surface area contributed by atoms with Crippen molar-refractivity contribution in [2.75, 3.05) is 31.1 Å². The highest BCUT2D eigenvalue weighted by Gasteiger charge is 2.21. The quantitative estimate of drug-likeness (QED) is 0.419. The van der Waals surface area contributed by atoms with Gasteiger partial charge in [-0.1, -0.05) is 18.2 Å². The molecule has 1 N–H and O–H groups in total. The zero-order valence-electron chi connectivity index (χ0n) is 19.6. The molecule has 0 saturated carbocycles. The zero-order valence-corrected chi connectivity index (χ0v) is 19.6. The number of aromatic nitrogens is 3. The summed E-state index contributed by atoms with van der Waals surface area (Å²) in [6.45, 7) is 1.10. The van der Waals surface area contributed by atoms with Crippen molar-refractivity contribution >= 4 is 17.6 Å². The van der Waals surface area contributed by atoms with Crippen LogP contribution in [-0.2, 0) is 6.42 Å². The number of rotatable bonds is 6. The summed E-state index contributed by atoms with van der Waals surface area (Å²) in [6, 6.07) is 14.6. The maximum Gasteiger partial charge on any atom is 0.407 e. The number of halogens is 2. The molecule has 0 spiro atoms. The summed E-state index contributed by atoms with van der Waals surface area (Å²) in [7, 11) is 0. The van der Waals surface area contributed by atoms with E-state index in [0.717, 1.165) is 34.0 Å². The minimum absolute atomic E-state index is 0.155. The van der Waals surface area contributed by atoms with Crippen LogP contribution in [-0.4, -0.2) is 63.3 Å². The average Bonchev–Trinajstić information content (AvgIpc) is 3.19. The highest BCUT2D eigenvalue weighted by molar-refractivity contribution is 5.67. The van der Waals surface area contributed by atoms with E-state index in [4.69, 9.17) is 9.84 Å². The normalized spacial score (nSPS) is 14.0. The van der Waals surface area contributed by atoms with E-state index in [1.165, 1.54) is 4.90 Å². The second-order valence-corrected chi connectivity index (χ2v) is 8.61. The Morgan fingerprint density at radius 2 is 1.81 bits per heavy atom. The minimum atomic E-state index is -2.89. The second kappa shape index (κ2) is 9.80. The van der Waals surface area contributed by atoms with Crippen molar-refractivity contribution in [3.05, 3.63) is 77.9 Å². The standard InChI is InChI=1S/C26H25F2N5O3/c1-17-21(14-18-4-2-3-5-22(18)36-25(27)28)33-16-20(7-9-24(33)30-17)19-6-8-23(29-15-19)31-10-12-32(13-11-31)26(34)35/h2-9,15-16,25H,10-14H2,1H3,(H,34,35). The van der Waals surface area contributed by atoms with Crippen LogP contribution in [0.3, 0.4) is 0 Å². The molecule has 1 amide bonds. The number of imidazole rings is 1. The van der Waals surface area contributed by atoms with Crippen LogP contribution in [0.25, 0.3) is 16.8 Å². The molecule has 0 atom stereocenters. The summed E-state index contributed by atoms with van der Waals surface area (Å²) in [6.07, 6.45) is 3.27. The van der Waals surface area contributed by atoms with E-state index >= 15 is 0 Å². The number of amides is 1. The lowest BCUT2D eigenvalue weighted by Gasteiger charge is -2.33. The Kier molecular flexibility index (Phi) is 6.41. The molecule has 4 heterocycles. The molecule has 0 bridgehead atoms. The number of ether oxygens (including phenoxy) is 1. The highest BCUT2D eigenvalue weighted by atomic mass is 19.3. The van der Waals surface area contributed by atoms with Crippen molar-refractivity contribution < 1.29 is 23.4 Å². The third kappa shape index (κ3) is 4.79. The molecule has 1 aliphatic rings. The van der Waals surface area contributed by atoms with Crippen LogP contribution in [0.4, 0.5) is 19.4 Å². The Balaban J connectivity index is 1.40. The number of fused-ring (bicyclic) bond motifs is 1. The van der Waals surface area contributed by atoms with Crippen molar-refractivity contribution in [1.82, 2.24) is 19.3 Å². The summed E-state index contributed by atoms with van der Waals surface area (Å²) < 4.78 is 32.4. The molecule has 1 aliphatic heterocycles. The number of nitrogens with zero attached hydrogens (tertiary/aromatic N) is 5. The number of benzene rings is 1. The lowest BCUT2D eigenvalue weighted by Crippen LogP contribution is -2.48. The summed E-state index contributed by atoms with van der Waals surface area (Å²) in [5.74, 6) is 0.960. The van der Waals surface area contributed by atoms with Gasteiger partial charge in [0.05, 0.1) is 5.69 Å². The molecular weight excluding hydrogens is 468 g/mol. The molecule has 0 aliphatic carbocycles. The lowest BCUT2D eigenvalue weighted by molar-refractivity contribution is -0.0504. The highest BCUT2D eigenvalue weighted by Crippen LogP contribution is 2.27. The molecule has 3 aromatic heterocycles. The number of carbonyl (C=O) groups is 1. The number of aryl methyl sites for hydroxylation is 1. The fourth-order valence-corrected chi connectivity index (χ4v) is 4.51. The smallest absolute Gasteiger partial charge is 0.407 e. The van der Waals surface area contributed by atoms with Crippen LogP contribution in [0.5, 0.6) is 5.75 Å². The van der Waals surface area contributed by atoms with Crippen molar-refractivity contribution in [1.29, 1.82) is 0 Å². The summed E-state index contributed by atoms with van der Waals surface area (Å²) in [5, 5.41) is 9.13. The van der Waals surface area contributed by atoms with Crippen LogP contribution in [0.1, 0.15) is 17.0 Å². The number of alkyl halides is 2. The number of hydrogen-bond donors (Lipinski definition) is 1. The number of carboxylic acid groups (broad SMARTS) is 1. The first-order chi connectivity index (χ1) is 17.4. The molecule has 186 valence electrons. The monoisotopic (exact) mass is 493 g/mol. The van der Waals surface area contributed by atoms with E-state index in [9.17, 15) is 13.6 Å². The van der Waals surface area contributed by atoms with Crippen LogP contribution < -0.4 is 9.64 Å². The van der Waals surface area contributed by atoms with Gasteiger partial charge >= 0.3 is 12.7 Å². The summed E-state index contributed by atoms with van der Waals surface area (Å²) >= 11 is 0. The Morgan fingerprint density at radius 1 is 1.06 bits per heavy atom. The first-order valence-corrected chi connectivity index (χ1v) is 11.6. The average molecular weight is 494 g/mol. The molecule has 10 heteroatoms. The van der Waals surface area contributed by atoms with Crippen molar-refractivity contribution in [2.45, 2.75) is 20.0 Å². The molecule has 4 aromatic rings. The first-order valence-electron chi connectivity index (χ1n) is 11.6. The van der Waals surface area contributed by atoms with E-state index in [-0.39, 0.29) is 5.75 Å². The van der Waals surface area contributed by atoms with Gasteiger partial charge in [0.2, 0.25) is 0 Å². The molecule has 8 nitrogen and oxygen atoms in total. The molecule has 0 radical (unpaired) electrons. The van der Waals surface area contributed by atoms with Crippen molar-refractivity contribution in [3.8, 4) is 16.9 Å². The lowest BCUT2D eigenvalue weighted by atomic mass is 10.1. The minimum Gasteiger partial charge on any atom is -0.465 e. The van der Waals surface area contributed by atoms with Gasteiger partial charge in [0, 0.05) is 67.4 Å². The van der Waals surface area contributed by atoms with Gasteiger partial charge in [-0.25, -0.2) is 14.8 Å². The molecule has 1 fully saturated rings. The Labute approximate surface area is 206 Å². The van der Waals surface area contributed by atoms with Crippen LogP contribution in [0.2, 0.25) is 0 Å². The molecule has 5 rings (SSSR count). The molecule has 1 saturated heterocycles. The van der Waals surface area contributed by atoms with Crippen LogP contribution >= 0.6 is 0 Å². The number of para-hydroxylation sites is 1. The maximum atomic E-state index is 12.9. The van der Waals surface area contributed by atoms with Crippen molar-refractivity contribution in [2.24, 2.45) is 0 Å². The third-order valence-electron chi connectivity index (χ3n) is 6.42. The van der Waals surface area contributed by atoms with E-state index in [1.807, 2.05) is 41.8 Å². The number of anilines is 1. The fourth-order valence-electron chi connectivity index (χ4n) is 4.51. The number of piperazine rings is 1. The second-order valence-electron chi connectivity index (χ2n) is 8.61. The third-order valence-corrected chi connectivity index (χ3v) is 6.42. The maximum absolute atomic E-state index is 12.9. The number of hydrogen-bond acceptors (Lipinski definition) is 5.